The molecular formula is C15H16BN3O6S. The summed E-state index contributed by atoms with van der Waals surface area (Å²) in [6, 6.07) is 8.70. The first kappa shape index (κ1) is 18.0. The van der Waals surface area contributed by atoms with Gasteiger partial charge in [-0.2, -0.15) is 0 Å². The lowest BCUT2D eigenvalue weighted by molar-refractivity contribution is 0.187. The Morgan fingerprint density at radius 1 is 1.31 bits per heavy atom. The van der Waals surface area contributed by atoms with Crippen LogP contribution in [-0.4, -0.2) is 33.8 Å². The van der Waals surface area contributed by atoms with Crippen LogP contribution in [0.1, 0.15) is 5.56 Å². The molecule has 2 aromatic carbocycles. The molecule has 136 valence electrons. The Morgan fingerprint density at radius 2 is 2.08 bits per heavy atom. The van der Waals surface area contributed by atoms with Crippen LogP contribution in [0.3, 0.4) is 0 Å². The van der Waals surface area contributed by atoms with Gasteiger partial charge in [-0.1, -0.05) is 6.07 Å². The molecule has 11 heteroatoms. The molecular weight excluding hydrogens is 361 g/mol. The van der Waals surface area contributed by atoms with Crippen molar-refractivity contribution in [1.29, 1.82) is 0 Å². The standard InChI is InChI=1S/C15H16BN3O6S/c1-24-15(20)18-13-6-10(17)3-5-14(13)26(22,23)19-11-4-2-9-8-25-16(21)12(9)7-11/h2-7,19,21H,8,17H2,1H3,(H,18,20). The third-order valence-electron chi connectivity index (χ3n) is 3.78. The van der Waals surface area contributed by atoms with E-state index >= 15 is 0 Å². The van der Waals surface area contributed by atoms with Crippen LogP contribution in [0, 0.1) is 0 Å². The van der Waals surface area contributed by atoms with E-state index in [0.29, 0.717) is 5.46 Å². The highest BCUT2D eigenvalue weighted by Gasteiger charge is 2.28. The highest BCUT2D eigenvalue weighted by molar-refractivity contribution is 7.92. The van der Waals surface area contributed by atoms with Crippen molar-refractivity contribution in [3.05, 3.63) is 42.0 Å². The summed E-state index contributed by atoms with van der Waals surface area (Å²) in [6.07, 6.45) is -0.829. The molecule has 1 aliphatic heterocycles. The van der Waals surface area contributed by atoms with E-state index in [1.165, 1.54) is 24.3 Å². The number of hydrogen-bond donors (Lipinski definition) is 4. The summed E-state index contributed by atoms with van der Waals surface area (Å²) >= 11 is 0. The summed E-state index contributed by atoms with van der Waals surface area (Å²) in [5.41, 5.74) is 7.44. The minimum atomic E-state index is -4.05. The highest BCUT2D eigenvalue weighted by atomic mass is 32.2. The van der Waals surface area contributed by atoms with Crippen molar-refractivity contribution in [2.45, 2.75) is 11.5 Å². The Morgan fingerprint density at radius 3 is 2.81 bits per heavy atom. The molecule has 9 nitrogen and oxygen atoms in total. The Kier molecular flexibility index (Phi) is 4.76. The summed E-state index contributed by atoms with van der Waals surface area (Å²) in [5, 5.41) is 12.1. The lowest BCUT2D eigenvalue weighted by Crippen LogP contribution is -2.28. The topological polar surface area (TPSA) is 140 Å². The monoisotopic (exact) mass is 377 g/mol. The third-order valence-corrected chi connectivity index (χ3v) is 5.22. The minimum Gasteiger partial charge on any atom is -0.453 e. The predicted octanol–water partition coefficient (Wildman–Crippen LogP) is 0.466. The number of carbonyl (C=O) groups excluding carboxylic acids is 1. The first-order chi connectivity index (χ1) is 12.3. The number of hydrogen-bond acceptors (Lipinski definition) is 7. The van der Waals surface area contributed by atoms with Gasteiger partial charge in [-0.15, -0.1) is 0 Å². The Balaban J connectivity index is 1.94. The third kappa shape index (κ3) is 3.59. The van der Waals surface area contributed by atoms with E-state index in [1.54, 1.807) is 12.1 Å². The van der Waals surface area contributed by atoms with E-state index in [9.17, 15) is 18.2 Å². The van der Waals surface area contributed by atoms with Gasteiger partial charge in [0.25, 0.3) is 10.0 Å². The molecule has 0 radical (unpaired) electrons. The van der Waals surface area contributed by atoms with E-state index < -0.39 is 23.2 Å². The fourth-order valence-electron chi connectivity index (χ4n) is 2.53. The molecule has 0 fully saturated rings. The van der Waals surface area contributed by atoms with Crippen molar-refractivity contribution in [1.82, 2.24) is 0 Å². The van der Waals surface area contributed by atoms with Gasteiger partial charge in [-0.05, 0) is 41.4 Å². The molecule has 3 rings (SSSR count). The zero-order valence-corrected chi connectivity index (χ0v) is 14.5. The van der Waals surface area contributed by atoms with Crippen LogP contribution in [0.2, 0.25) is 0 Å². The summed E-state index contributed by atoms with van der Waals surface area (Å²) in [4.78, 5) is 11.3. The number of carbonyl (C=O) groups is 1. The van der Waals surface area contributed by atoms with Gasteiger partial charge in [0.2, 0.25) is 0 Å². The van der Waals surface area contributed by atoms with Crippen molar-refractivity contribution in [3.63, 3.8) is 0 Å². The number of nitrogens with two attached hydrogens (primary N) is 1. The van der Waals surface area contributed by atoms with Gasteiger partial charge in [0.15, 0.2) is 0 Å². The van der Waals surface area contributed by atoms with Gasteiger partial charge in [-0.25, -0.2) is 13.2 Å². The molecule has 26 heavy (non-hydrogen) atoms. The van der Waals surface area contributed by atoms with Crippen LogP contribution in [-0.2, 0) is 26.0 Å². The van der Waals surface area contributed by atoms with Gasteiger partial charge < -0.3 is 20.1 Å². The maximum atomic E-state index is 12.7. The second kappa shape index (κ2) is 6.86. The van der Waals surface area contributed by atoms with Gasteiger partial charge in [0, 0.05) is 11.4 Å². The fourth-order valence-corrected chi connectivity index (χ4v) is 3.72. The van der Waals surface area contributed by atoms with E-state index in [4.69, 9.17) is 10.4 Å². The smallest absolute Gasteiger partial charge is 0.453 e. The lowest BCUT2D eigenvalue weighted by Gasteiger charge is -2.14. The molecule has 1 amide bonds. The molecule has 0 saturated heterocycles. The second-order valence-electron chi connectivity index (χ2n) is 5.55. The Bertz CT molecular complexity index is 966. The molecule has 1 aliphatic rings. The van der Waals surface area contributed by atoms with Crippen LogP contribution < -0.4 is 21.2 Å². The van der Waals surface area contributed by atoms with Crippen molar-refractivity contribution in [2.75, 3.05) is 22.9 Å². The van der Waals surface area contributed by atoms with Crippen molar-refractivity contribution < 1.29 is 27.6 Å². The van der Waals surface area contributed by atoms with Crippen LogP contribution >= 0.6 is 0 Å². The molecule has 0 spiro atoms. The minimum absolute atomic E-state index is 0.0196. The van der Waals surface area contributed by atoms with Crippen molar-refractivity contribution in [2.24, 2.45) is 0 Å². The zero-order valence-electron chi connectivity index (χ0n) is 13.7. The average Bonchev–Trinajstić information content (AvgIpc) is 2.95. The quantitative estimate of drug-likeness (QED) is 0.448. The molecule has 2 aromatic rings. The summed E-state index contributed by atoms with van der Waals surface area (Å²) in [6.45, 7) is 0.259. The molecule has 0 aliphatic carbocycles. The summed E-state index contributed by atoms with van der Waals surface area (Å²) in [5.74, 6) is 0. The predicted molar refractivity (Wildman–Crippen MR) is 96.5 cm³/mol. The Hall–Kier alpha value is -2.76. The van der Waals surface area contributed by atoms with Crippen LogP contribution in [0.4, 0.5) is 21.9 Å². The van der Waals surface area contributed by atoms with Crippen molar-refractivity contribution in [3.8, 4) is 0 Å². The Labute approximate surface area is 150 Å². The maximum absolute atomic E-state index is 12.7. The lowest BCUT2D eigenvalue weighted by atomic mass is 9.79. The van der Waals surface area contributed by atoms with Gasteiger partial charge in [0.1, 0.15) is 4.90 Å². The molecule has 1 heterocycles. The number of amides is 1. The largest absolute Gasteiger partial charge is 0.491 e. The molecule has 0 bridgehead atoms. The van der Waals surface area contributed by atoms with Crippen LogP contribution in [0.5, 0.6) is 0 Å². The number of ether oxygens (including phenoxy) is 1. The van der Waals surface area contributed by atoms with E-state index in [2.05, 4.69) is 14.8 Å². The van der Waals surface area contributed by atoms with E-state index in [1.807, 2.05) is 0 Å². The van der Waals surface area contributed by atoms with Crippen LogP contribution in [0.25, 0.3) is 0 Å². The molecule has 0 unspecified atom stereocenters. The van der Waals surface area contributed by atoms with Crippen LogP contribution in [0.15, 0.2) is 41.3 Å². The number of anilines is 3. The van der Waals surface area contributed by atoms with Gasteiger partial charge >= 0.3 is 13.2 Å². The number of methoxy groups -OCH3 is 1. The number of fused-ring (bicyclic) bond motifs is 1. The van der Waals surface area contributed by atoms with Gasteiger partial charge in [0.05, 0.1) is 19.4 Å². The maximum Gasteiger partial charge on any atom is 0.491 e. The zero-order chi connectivity index (χ0) is 18.9. The average molecular weight is 377 g/mol. The summed E-state index contributed by atoms with van der Waals surface area (Å²) in [7, 11) is -3.98. The number of sulfonamides is 1. The molecule has 0 aromatic heterocycles. The molecule has 5 N–H and O–H groups in total. The number of rotatable bonds is 4. The fraction of sp³-hybridized carbons (Fsp3) is 0.133. The van der Waals surface area contributed by atoms with Gasteiger partial charge in [-0.3, -0.25) is 10.0 Å². The second-order valence-corrected chi connectivity index (χ2v) is 7.21. The molecule has 0 saturated carbocycles. The highest BCUT2D eigenvalue weighted by Crippen LogP contribution is 2.26. The summed E-state index contributed by atoms with van der Waals surface area (Å²) < 4.78 is 37.5. The first-order valence-corrected chi connectivity index (χ1v) is 8.98. The number of nitrogen functional groups attached to an aromatic ring is 1. The van der Waals surface area contributed by atoms with Crippen molar-refractivity contribution >= 4 is 45.8 Å². The normalized spacial score (nSPS) is 13.2. The SMILES string of the molecule is COC(=O)Nc1cc(N)ccc1S(=O)(=O)Nc1ccc2c(c1)B(O)OC2. The van der Waals surface area contributed by atoms with E-state index in [-0.39, 0.29) is 28.6 Å². The number of nitrogens with one attached hydrogen (secondary N) is 2. The van der Waals surface area contributed by atoms with E-state index in [0.717, 1.165) is 12.7 Å². The first-order valence-electron chi connectivity index (χ1n) is 7.50. The molecule has 0 atom stereocenters. The number of benzene rings is 2.